The van der Waals surface area contributed by atoms with Gasteiger partial charge in [-0.05, 0) is 51.8 Å². The van der Waals surface area contributed by atoms with Gasteiger partial charge in [-0.3, -0.25) is 10.1 Å². The number of hydrogen-bond acceptors (Lipinski definition) is 5. The van der Waals surface area contributed by atoms with Gasteiger partial charge in [0.25, 0.3) is 5.69 Å². The summed E-state index contributed by atoms with van der Waals surface area (Å²) in [5, 5.41) is 13.9. The van der Waals surface area contributed by atoms with Crippen molar-refractivity contribution >= 4 is 27.3 Å². The van der Waals surface area contributed by atoms with Crippen LogP contribution in [0.3, 0.4) is 0 Å². The van der Waals surface area contributed by atoms with Crippen molar-refractivity contribution in [1.82, 2.24) is 0 Å². The van der Waals surface area contributed by atoms with Gasteiger partial charge in [-0.1, -0.05) is 18.2 Å². The number of nitrogens with one attached hydrogen (secondary N) is 1. The predicted octanol–water partition coefficient (Wildman–Crippen LogP) is 5.70. The van der Waals surface area contributed by atoms with Gasteiger partial charge in [-0.25, -0.2) is 4.39 Å². The van der Waals surface area contributed by atoms with Gasteiger partial charge in [0.2, 0.25) is 0 Å². The second kappa shape index (κ2) is 9.38. The molecule has 1 N–H and O–H groups in total. The van der Waals surface area contributed by atoms with Crippen LogP contribution in [0.1, 0.15) is 11.1 Å². The van der Waals surface area contributed by atoms with Gasteiger partial charge in [0.05, 0.1) is 16.5 Å². The fourth-order valence-corrected chi connectivity index (χ4v) is 3.29. The summed E-state index contributed by atoms with van der Waals surface area (Å²) in [6.07, 6.45) is 0. The van der Waals surface area contributed by atoms with E-state index in [0.29, 0.717) is 28.1 Å². The Kier molecular flexibility index (Phi) is 6.66. The molecule has 3 rings (SSSR count). The molecular weight excluding hydrogens is 443 g/mol. The van der Waals surface area contributed by atoms with Crippen LogP contribution in [-0.2, 0) is 13.2 Å². The first-order valence-electron chi connectivity index (χ1n) is 8.69. The van der Waals surface area contributed by atoms with E-state index in [1.54, 1.807) is 30.3 Å². The Morgan fingerprint density at radius 3 is 2.52 bits per heavy atom. The van der Waals surface area contributed by atoms with Crippen molar-refractivity contribution in [3.63, 3.8) is 0 Å². The number of methoxy groups -OCH3 is 1. The molecule has 0 fully saturated rings. The lowest BCUT2D eigenvalue weighted by molar-refractivity contribution is -0.384. The SMILES string of the molecule is COc1cc(CNc2ccc([N+](=O)[O-])cc2)cc(Br)c1OCc1ccccc1F. The highest BCUT2D eigenvalue weighted by atomic mass is 79.9. The molecule has 0 atom stereocenters. The molecule has 0 heterocycles. The Balaban J connectivity index is 1.70. The Labute approximate surface area is 175 Å². The highest BCUT2D eigenvalue weighted by Gasteiger charge is 2.13. The first-order chi connectivity index (χ1) is 14.0. The summed E-state index contributed by atoms with van der Waals surface area (Å²) in [5.41, 5.74) is 2.15. The summed E-state index contributed by atoms with van der Waals surface area (Å²) in [5.74, 6) is 0.664. The molecule has 29 heavy (non-hydrogen) atoms. The lowest BCUT2D eigenvalue weighted by Gasteiger charge is -2.15. The molecule has 0 unspecified atom stereocenters. The smallest absolute Gasteiger partial charge is 0.269 e. The number of nitrogens with zero attached hydrogens (tertiary/aromatic N) is 1. The molecule has 0 saturated heterocycles. The molecule has 0 saturated carbocycles. The third kappa shape index (κ3) is 5.23. The molecule has 0 bridgehead atoms. The van der Waals surface area contributed by atoms with E-state index in [-0.39, 0.29) is 18.1 Å². The second-order valence-electron chi connectivity index (χ2n) is 6.15. The van der Waals surface area contributed by atoms with Gasteiger partial charge in [0, 0.05) is 29.9 Å². The van der Waals surface area contributed by atoms with E-state index < -0.39 is 4.92 Å². The molecule has 8 heteroatoms. The number of ether oxygens (including phenoxy) is 2. The van der Waals surface area contributed by atoms with E-state index in [1.807, 2.05) is 12.1 Å². The summed E-state index contributed by atoms with van der Waals surface area (Å²) in [6.45, 7) is 0.544. The summed E-state index contributed by atoms with van der Waals surface area (Å²) < 4.78 is 25.7. The van der Waals surface area contributed by atoms with Crippen LogP contribution in [0.25, 0.3) is 0 Å². The molecule has 6 nitrogen and oxygen atoms in total. The number of nitro benzene ring substituents is 1. The van der Waals surface area contributed by atoms with Gasteiger partial charge in [0.15, 0.2) is 11.5 Å². The summed E-state index contributed by atoms with van der Waals surface area (Å²) >= 11 is 3.48. The first-order valence-corrected chi connectivity index (χ1v) is 9.48. The van der Waals surface area contributed by atoms with Crippen molar-refractivity contribution in [3.8, 4) is 11.5 Å². The molecule has 0 aliphatic heterocycles. The maximum absolute atomic E-state index is 13.8. The lowest BCUT2D eigenvalue weighted by atomic mass is 10.2. The monoisotopic (exact) mass is 460 g/mol. The van der Waals surface area contributed by atoms with Crippen LogP contribution in [0.15, 0.2) is 65.1 Å². The van der Waals surface area contributed by atoms with Gasteiger partial charge in [-0.15, -0.1) is 0 Å². The highest BCUT2D eigenvalue weighted by molar-refractivity contribution is 9.10. The Morgan fingerprint density at radius 2 is 1.86 bits per heavy atom. The highest BCUT2D eigenvalue weighted by Crippen LogP contribution is 2.37. The van der Waals surface area contributed by atoms with E-state index in [2.05, 4.69) is 21.2 Å². The largest absolute Gasteiger partial charge is 0.493 e. The van der Waals surface area contributed by atoms with Crippen LogP contribution < -0.4 is 14.8 Å². The van der Waals surface area contributed by atoms with E-state index >= 15 is 0 Å². The van der Waals surface area contributed by atoms with Crippen molar-refractivity contribution in [2.24, 2.45) is 0 Å². The minimum absolute atomic E-state index is 0.0383. The zero-order chi connectivity index (χ0) is 20.8. The zero-order valence-corrected chi connectivity index (χ0v) is 17.1. The van der Waals surface area contributed by atoms with Crippen LogP contribution in [0.5, 0.6) is 11.5 Å². The number of hydrogen-bond donors (Lipinski definition) is 1. The number of rotatable bonds is 8. The Morgan fingerprint density at radius 1 is 1.14 bits per heavy atom. The van der Waals surface area contributed by atoms with Crippen molar-refractivity contribution in [2.45, 2.75) is 13.2 Å². The van der Waals surface area contributed by atoms with E-state index in [9.17, 15) is 14.5 Å². The maximum Gasteiger partial charge on any atom is 0.269 e. The minimum atomic E-state index is -0.439. The summed E-state index contributed by atoms with van der Waals surface area (Å²) in [7, 11) is 1.53. The van der Waals surface area contributed by atoms with Crippen LogP contribution >= 0.6 is 15.9 Å². The third-order valence-electron chi connectivity index (χ3n) is 4.19. The minimum Gasteiger partial charge on any atom is -0.493 e. The average Bonchev–Trinajstić information content (AvgIpc) is 2.72. The number of nitro groups is 1. The lowest BCUT2D eigenvalue weighted by Crippen LogP contribution is -2.03. The standard InChI is InChI=1S/C21H18BrFN2O4/c1-28-20-11-14(12-24-16-6-8-17(9-7-16)25(26)27)10-18(22)21(20)29-13-15-4-2-3-5-19(15)23/h2-11,24H,12-13H2,1H3. The molecule has 0 radical (unpaired) electrons. The topological polar surface area (TPSA) is 73.6 Å². The first kappa shape index (κ1) is 20.6. The van der Waals surface area contributed by atoms with Gasteiger partial charge < -0.3 is 14.8 Å². The maximum atomic E-state index is 13.8. The fourth-order valence-electron chi connectivity index (χ4n) is 2.69. The molecule has 0 aliphatic carbocycles. The van der Waals surface area contributed by atoms with Crippen molar-refractivity contribution in [3.05, 3.63) is 92.2 Å². The Hall–Kier alpha value is -3.13. The zero-order valence-electron chi connectivity index (χ0n) is 15.5. The summed E-state index contributed by atoms with van der Waals surface area (Å²) in [4.78, 5) is 10.3. The fraction of sp³-hybridized carbons (Fsp3) is 0.143. The second-order valence-corrected chi connectivity index (χ2v) is 7.00. The van der Waals surface area contributed by atoms with E-state index in [4.69, 9.17) is 9.47 Å². The van der Waals surface area contributed by atoms with E-state index in [1.165, 1.54) is 25.3 Å². The molecule has 3 aromatic carbocycles. The van der Waals surface area contributed by atoms with Crippen LogP contribution in [0.4, 0.5) is 15.8 Å². The molecule has 0 spiro atoms. The quantitative estimate of drug-likeness (QED) is 0.344. The number of anilines is 1. The number of halogens is 2. The predicted molar refractivity (Wildman–Crippen MR) is 112 cm³/mol. The number of non-ortho nitro benzene ring substituents is 1. The molecule has 0 aromatic heterocycles. The summed E-state index contributed by atoms with van der Waals surface area (Å²) in [6, 6.07) is 16.3. The van der Waals surface area contributed by atoms with Gasteiger partial charge >= 0.3 is 0 Å². The van der Waals surface area contributed by atoms with Crippen molar-refractivity contribution in [2.75, 3.05) is 12.4 Å². The molecular formula is C21H18BrFN2O4. The number of benzene rings is 3. The van der Waals surface area contributed by atoms with Crippen LogP contribution in [0.2, 0.25) is 0 Å². The van der Waals surface area contributed by atoms with E-state index in [0.717, 1.165) is 11.3 Å². The van der Waals surface area contributed by atoms with Gasteiger partial charge in [0.1, 0.15) is 12.4 Å². The van der Waals surface area contributed by atoms with Gasteiger partial charge in [-0.2, -0.15) is 0 Å². The third-order valence-corrected chi connectivity index (χ3v) is 4.78. The average molecular weight is 461 g/mol. The van der Waals surface area contributed by atoms with Crippen molar-refractivity contribution in [1.29, 1.82) is 0 Å². The van der Waals surface area contributed by atoms with Crippen LogP contribution in [0, 0.1) is 15.9 Å². The van der Waals surface area contributed by atoms with Crippen molar-refractivity contribution < 1.29 is 18.8 Å². The Bertz CT molecular complexity index is 1010. The molecule has 150 valence electrons. The normalized spacial score (nSPS) is 10.4. The van der Waals surface area contributed by atoms with Crippen LogP contribution in [-0.4, -0.2) is 12.0 Å². The molecule has 0 aliphatic rings. The molecule has 3 aromatic rings. The molecule has 0 amide bonds.